The maximum absolute atomic E-state index is 6.22. The van der Waals surface area contributed by atoms with E-state index in [4.69, 9.17) is 18.9 Å². The van der Waals surface area contributed by atoms with Crippen LogP contribution in [0, 0.1) is 27.7 Å². The van der Waals surface area contributed by atoms with Crippen molar-refractivity contribution in [2.24, 2.45) is 0 Å². The lowest BCUT2D eigenvalue weighted by Crippen LogP contribution is -2.29. The highest BCUT2D eigenvalue weighted by Crippen LogP contribution is 2.43. The molecule has 5 heteroatoms. The highest BCUT2D eigenvalue weighted by molar-refractivity contribution is 7.73. The van der Waals surface area contributed by atoms with Crippen LogP contribution in [0.4, 0.5) is 0 Å². The van der Waals surface area contributed by atoms with Crippen molar-refractivity contribution in [1.29, 1.82) is 0 Å². The Hall–Kier alpha value is -1.61. The molecule has 0 aromatic heterocycles. The summed E-state index contributed by atoms with van der Waals surface area (Å²) in [5.74, 6) is 1.30. The first-order chi connectivity index (χ1) is 13.6. The van der Waals surface area contributed by atoms with E-state index >= 15 is 0 Å². The molecule has 4 nitrogen and oxygen atoms in total. The molecule has 1 atom stereocenters. The van der Waals surface area contributed by atoms with Gasteiger partial charge in [-0.05, 0) is 107 Å². The zero-order valence-electron chi connectivity index (χ0n) is 18.9. The van der Waals surface area contributed by atoms with Gasteiger partial charge in [0.2, 0.25) is 0 Å². The predicted octanol–water partition coefficient (Wildman–Crippen LogP) is 4.52. The number of hydrogen-bond acceptors (Lipinski definition) is 4. The first-order valence-electron chi connectivity index (χ1n) is 10.0. The smallest absolute Gasteiger partial charge is 0.163 e. The Kier molecular flexibility index (Phi) is 6.57. The molecule has 0 spiro atoms. The molecule has 1 saturated heterocycles. The maximum Gasteiger partial charge on any atom is 0.163 e. The number of hydrogen-bond donors (Lipinski definition) is 0. The van der Waals surface area contributed by atoms with Gasteiger partial charge in [-0.2, -0.15) is 0 Å². The van der Waals surface area contributed by atoms with Crippen molar-refractivity contribution in [3.63, 3.8) is 0 Å². The number of methoxy groups -OCH3 is 2. The molecule has 0 bridgehead atoms. The van der Waals surface area contributed by atoms with E-state index in [-0.39, 0.29) is 6.10 Å². The van der Waals surface area contributed by atoms with Gasteiger partial charge in [-0.1, -0.05) is 0 Å². The van der Waals surface area contributed by atoms with Gasteiger partial charge in [0, 0.05) is 6.16 Å². The second-order valence-electron chi connectivity index (χ2n) is 8.28. The molecule has 0 amide bonds. The molecule has 0 saturated carbocycles. The molecule has 0 aliphatic carbocycles. The summed E-state index contributed by atoms with van der Waals surface area (Å²) >= 11 is 0. The first-order valence-corrected chi connectivity index (χ1v) is 11.6. The zero-order chi connectivity index (χ0) is 21.3. The normalized spacial score (nSPS) is 18.3. The van der Waals surface area contributed by atoms with E-state index in [1.165, 1.54) is 32.9 Å². The van der Waals surface area contributed by atoms with Gasteiger partial charge >= 0.3 is 0 Å². The molecule has 158 valence electrons. The van der Waals surface area contributed by atoms with Gasteiger partial charge < -0.3 is 18.9 Å². The monoisotopic (exact) mass is 416 g/mol. The van der Waals surface area contributed by atoms with E-state index in [0.717, 1.165) is 17.7 Å². The first kappa shape index (κ1) is 22.1. The van der Waals surface area contributed by atoms with Gasteiger partial charge in [0.15, 0.2) is 5.79 Å². The van der Waals surface area contributed by atoms with Crippen LogP contribution < -0.4 is 20.1 Å². The topological polar surface area (TPSA) is 36.9 Å². The van der Waals surface area contributed by atoms with E-state index in [2.05, 4.69) is 52.0 Å². The Bertz CT molecular complexity index is 785. The van der Waals surface area contributed by atoms with Crippen LogP contribution in [0.3, 0.4) is 0 Å². The third kappa shape index (κ3) is 4.77. The Morgan fingerprint density at radius 2 is 1.28 bits per heavy atom. The summed E-state index contributed by atoms with van der Waals surface area (Å²) < 4.78 is 23.1. The lowest BCUT2D eigenvalue weighted by Gasteiger charge is -2.29. The van der Waals surface area contributed by atoms with Crippen LogP contribution in [0.25, 0.3) is 0 Å². The molecule has 3 rings (SSSR count). The molecule has 2 aromatic rings. The lowest BCUT2D eigenvalue weighted by molar-refractivity contribution is -0.135. The average molecular weight is 416 g/mol. The lowest BCUT2D eigenvalue weighted by atomic mass is 10.1. The van der Waals surface area contributed by atoms with E-state index in [1.807, 2.05) is 13.8 Å². The van der Waals surface area contributed by atoms with Crippen LogP contribution in [-0.2, 0) is 9.47 Å². The number of benzene rings is 2. The standard InChI is InChI=1S/C24H33O4P/c1-15-9-19(25-7)10-16(2)22(15)29(14-21-13-27-24(5,6)28-21)23-17(3)11-20(26-8)12-18(23)4/h9-12,21H,13-14H2,1-8H3. The molecule has 1 aliphatic rings. The van der Waals surface area contributed by atoms with Gasteiger partial charge in [0.05, 0.1) is 26.9 Å². The van der Waals surface area contributed by atoms with Crippen molar-refractivity contribution in [3.05, 3.63) is 46.5 Å². The largest absolute Gasteiger partial charge is 0.497 e. The van der Waals surface area contributed by atoms with Crippen LogP contribution in [0.5, 0.6) is 11.5 Å². The van der Waals surface area contributed by atoms with Crippen molar-refractivity contribution in [1.82, 2.24) is 0 Å². The number of ether oxygens (including phenoxy) is 4. The fourth-order valence-electron chi connectivity index (χ4n) is 4.27. The number of rotatable bonds is 6. The predicted molar refractivity (Wildman–Crippen MR) is 121 cm³/mol. The summed E-state index contributed by atoms with van der Waals surface area (Å²) in [5.41, 5.74) is 5.06. The summed E-state index contributed by atoms with van der Waals surface area (Å²) in [4.78, 5) is 0. The second kappa shape index (κ2) is 8.63. The molecule has 1 heterocycles. The Labute approximate surface area is 176 Å². The van der Waals surface area contributed by atoms with Gasteiger partial charge in [0.25, 0.3) is 0 Å². The Morgan fingerprint density at radius 1 is 0.862 bits per heavy atom. The minimum atomic E-state index is -0.638. The summed E-state index contributed by atoms with van der Waals surface area (Å²) in [6.45, 7) is 13.4. The van der Waals surface area contributed by atoms with Gasteiger partial charge in [0.1, 0.15) is 11.5 Å². The third-order valence-electron chi connectivity index (χ3n) is 5.39. The Balaban J connectivity index is 2.11. The molecule has 2 aromatic carbocycles. The van der Waals surface area contributed by atoms with Crippen molar-refractivity contribution >= 4 is 18.5 Å². The summed E-state index contributed by atoms with van der Waals surface area (Å²) in [5, 5.41) is 2.82. The third-order valence-corrected chi connectivity index (χ3v) is 8.66. The van der Waals surface area contributed by atoms with Gasteiger partial charge in [-0.25, -0.2) is 0 Å². The van der Waals surface area contributed by atoms with Gasteiger partial charge in [-0.3, -0.25) is 0 Å². The van der Waals surface area contributed by atoms with Crippen LogP contribution in [0.15, 0.2) is 24.3 Å². The zero-order valence-corrected chi connectivity index (χ0v) is 19.8. The molecular weight excluding hydrogens is 383 g/mol. The summed E-state index contributed by atoms with van der Waals surface area (Å²) in [6.07, 6.45) is 1.01. The van der Waals surface area contributed by atoms with E-state index in [1.54, 1.807) is 14.2 Å². The van der Waals surface area contributed by atoms with E-state index in [9.17, 15) is 0 Å². The van der Waals surface area contributed by atoms with Crippen LogP contribution >= 0.6 is 7.92 Å². The SMILES string of the molecule is COc1cc(C)c(P(CC2COC(C)(C)O2)c2c(C)cc(OC)cc2C)c(C)c1. The van der Waals surface area contributed by atoms with Crippen LogP contribution in [-0.4, -0.2) is 38.9 Å². The van der Waals surface area contributed by atoms with Crippen molar-refractivity contribution < 1.29 is 18.9 Å². The van der Waals surface area contributed by atoms with Gasteiger partial charge in [-0.15, -0.1) is 0 Å². The minimum absolute atomic E-state index is 0.0814. The quantitative estimate of drug-likeness (QED) is 0.649. The van der Waals surface area contributed by atoms with E-state index < -0.39 is 13.7 Å². The maximum atomic E-state index is 6.22. The summed E-state index contributed by atoms with van der Waals surface area (Å²) in [7, 11) is 2.81. The second-order valence-corrected chi connectivity index (χ2v) is 10.4. The molecule has 1 aliphatic heterocycles. The van der Waals surface area contributed by atoms with Crippen molar-refractivity contribution in [3.8, 4) is 11.5 Å². The molecule has 1 unspecified atom stereocenters. The molecule has 0 N–H and O–H groups in total. The molecule has 1 fully saturated rings. The van der Waals surface area contributed by atoms with Crippen LogP contribution in [0.2, 0.25) is 0 Å². The fraction of sp³-hybridized carbons (Fsp3) is 0.500. The highest BCUT2D eigenvalue weighted by Gasteiger charge is 2.36. The summed E-state index contributed by atoms with van der Waals surface area (Å²) in [6, 6.07) is 8.56. The van der Waals surface area contributed by atoms with E-state index in [0.29, 0.717) is 6.61 Å². The Morgan fingerprint density at radius 3 is 1.59 bits per heavy atom. The van der Waals surface area contributed by atoms with Crippen LogP contribution in [0.1, 0.15) is 36.1 Å². The average Bonchev–Trinajstić information content (AvgIpc) is 2.98. The molecule has 0 radical (unpaired) electrons. The van der Waals surface area contributed by atoms with Crippen molar-refractivity contribution in [2.75, 3.05) is 27.0 Å². The minimum Gasteiger partial charge on any atom is -0.497 e. The molecule has 29 heavy (non-hydrogen) atoms. The number of aryl methyl sites for hydroxylation is 4. The fourth-order valence-corrected chi connectivity index (χ4v) is 7.41. The highest BCUT2D eigenvalue weighted by atomic mass is 31.1. The van der Waals surface area contributed by atoms with Crippen molar-refractivity contribution in [2.45, 2.75) is 53.4 Å². The molecular formula is C24H33O4P.